The van der Waals surface area contributed by atoms with E-state index in [4.69, 9.17) is 0 Å². The fourth-order valence-corrected chi connectivity index (χ4v) is 4.45. The number of nitrogens with one attached hydrogen (secondary N) is 1. The molecule has 8 heteroatoms. The Kier molecular flexibility index (Phi) is 5.09. The highest BCUT2D eigenvalue weighted by Gasteiger charge is 2.15. The summed E-state index contributed by atoms with van der Waals surface area (Å²) < 4.78 is 42.2. The summed E-state index contributed by atoms with van der Waals surface area (Å²) >= 11 is 0. The summed E-state index contributed by atoms with van der Waals surface area (Å²) in [5.74, 6) is -0.150. The summed E-state index contributed by atoms with van der Waals surface area (Å²) in [6.07, 6.45) is 0. The molecular formula is C22H18FN3O3S. The van der Waals surface area contributed by atoms with E-state index >= 15 is 0 Å². The third-order valence-corrected chi connectivity index (χ3v) is 5.85. The zero-order valence-corrected chi connectivity index (χ0v) is 16.9. The van der Waals surface area contributed by atoms with Gasteiger partial charge in [0.1, 0.15) is 11.6 Å². The molecule has 0 unspecified atom stereocenters. The van der Waals surface area contributed by atoms with Crippen molar-refractivity contribution in [3.63, 3.8) is 0 Å². The minimum atomic E-state index is -3.67. The molecular weight excluding hydrogens is 405 g/mol. The zero-order valence-electron chi connectivity index (χ0n) is 16.0. The molecule has 0 aliphatic rings. The Morgan fingerprint density at radius 2 is 1.70 bits per heavy atom. The quantitative estimate of drug-likeness (QED) is 0.530. The molecule has 1 aromatic heterocycles. The number of halogens is 1. The third kappa shape index (κ3) is 4.08. The fourth-order valence-electron chi connectivity index (χ4n) is 3.26. The lowest BCUT2D eigenvalue weighted by atomic mass is 10.2. The second-order valence-corrected chi connectivity index (χ2v) is 8.58. The molecule has 0 bridgehead atoms. The van der Waals surface area contributed by atoms with Crippen LogP contribution in [0.5, 0.6) is 0 Å². The van der Waals surface area contributed by atoms with Gasteiger partial charge in [0.05, 0.1) is 22.3 Å². The van der Waals surface area contributed by atoms with E-state index in [0.717, 1.165) is 0 Å². The average molecular weight is 423 g/mol. The highest BCUT2D eigenvalue weighted by atomic mass is 32.2. The molecule has 0 fully saturated rings. The maximum Gasteiger partial charge on any atom is 0.266 e. The summed E-state index contributed by atoms with van der Waals surface area (Å²) in [4.78, 5) is 17.5. The highest BCUT2D eigenvalue weighted by molar-refractivity contribution is 7.91. The van der Waals surface area contributed by atoms with Crippen LogP contribution in [0, 0.1) is 12.7 Å². The monoisotopic (exact) mass is 423 g/mol. The molecule has 0 radical (unpaired) electrons. The van der Waals surface area contributed by atoms with E-state index in [9.17, 15) is 17.6 Å². The molecule has 4 aromatic rings. The second-order valence-electron chi connectivity index (χ2n) is 6.85. The average Bonchev–Trinajstić information content (AvgIpc) is 2.70. The number of nitrogens with zero attached hydrogens (tertiary/aromatic N) is 2. The van der Waals surface area contributed by atoms with Crippen molar-refractivity contribution in [1.29, 1.82) is 0 Å². The Balaban J connectivity index is 1.73. The van der Waals surface area contributed by atoms with E-state index in [1.54, 1.807) is 43.3 Å². The minimum Gasteiger partial charge on any atom is -0.283 e. The molecule has 152 valence electrons. The predicted molar refractivity (Wildman–Crippen MR) is 115 cm³/mol. The molecule has 30 heavy (non-hydrogen) atoms. The van der Waals surface area contributed by atoms with E-state index < -0.39 is 15.8 Å². The van der Waals surface area contributed by atoms with Crippen LogP contribution in [0.2, 0.25) is 0 Å². The zero-order chi connectivity index (χ0) is 21.3. The van der Waals surface area contributed by atoms with Gasteiger partial charge in [-0.2, -0.15) is 0 Å². The molecule has 0 spiro atoms. The van der Waals surface area contributed by atoms with E-state index in [-0.39, 0.29) is 22.4 Å². The summed E-state index contributed by atoms with van der Waals surface area (Å²) in [5.41, 5.74) is 1.48. The molecule has 0 atom stereocenters. The molecule has 0 aliphatic carbocycles. The molecule has 0 saturated heterocycles. The van der Waals surface area contributed by atoms with Crippen molar-refractivity contribution < 1.29 is 12.8 Å². The summed E-state index contributed by atoms with van der Waals surface area (Å²) in [6, 6.07) is 19.0. The topological polar surface area (TPSA) is 81.1 Å². The van der Waals surface area contributed by atoms with Crippen molar-refractivity contribution in [2.75, 3.05) is 4.72 Å². The van der Waals surface area contributed by atoms with Gasteiger partial charge in [-0.3, -0.25) is 14.1 Å². The number of fused-ring (bicyclic) bond motifs is 1. The first-order chi connectivity index (χ1) is 14.3. The van der Waals surface area contributed by atoms with Crippen LogP contribution in [0.1, 0.15) is 11.4 Å². The molecule has 4 rings (SSSR count). The van der Waals surface area contributed by atoms with Gasteiger partial charge in [0, 0.05) is 5.69 Å². The van der Waals surface area contributed by atoms with Crippen LogP contribution < -0.4 is 10.3 Å². The smallest absolute Gasteiger partial charge is 0.266 e. The molecule has 0 aliphatic heterocycles. The largest absolute Gasteiger partial charge is 0.283 e. The molecule has 3 aromatic carbocycles. The maximum absolute atomic E-state index is 13.3. The number of aromatic nitrogens is 2. The molecule has 1 heterocycles. The fraction of sp³-hybridized carbons (Fsp3) is 0.0909. The van der Waals surface area contributed by atoms with Crippen molar-refractivity contribution in [1.82, 2.24) is 9.55 Å². The normalized spacial score (nSPS) is 11.5. The number of sulfonamides is 1. The lowest BCUT2D eigenvalue weighted by molar-refractivity contribution is 0.600. The van der Waals surface area contributed by atoms with E-state index in [2.05, 4.69) is 9.71 Å². The van der Waals surface area contributed by atoms with Crippen molar-refractivity contribution in [2.24, 2.45) is 0 Å². The van der Waals surface area contributed by atoms with Crippen LogP contribution >= 0.6 is 0 Å². The van der Waals surface area contributed by atoms with Gasteiger partial charge < -0.3 is 0 Å². The molecule has 0 saturated carbocycles. The van der Waals surface area contributed by atoms with E-state index in [1.165, 1.54) is 34.9 Å². The summed E-state index contributed by atoms with van der Waals surface area (Å²) in [6.45, 7) is 1.68. The number of rotatable bonds is 5. The van der Waals surface area contributed by atoms with Gasteiger partial charge >= 0.3 is 0 Å². The number of anilines is 1. The molecule has 0 amide bonds. The second kappa shape index (κ2) is 7.72. The Morgan fingerprint density at radius 1 is 1.00 bits per heavy atom. The Morgan fingerprint density at radius 3 is 2.40 bits per heavy atom. The number of benzene rings is 3. The van der Waals surface area contributed by atoms with Crippen LogP contribution in [-0.4, -0.2) is 18.0 Å². The van der Waals surface area contributed by atoms with Crippen molar-refractivity contribution in [2.45, 2.75) is 12.7 Å². The predicted octanol–water partition coefficient (Wildman–Crippen LogP) is 3.78. The first kappa shape index (κ1) is 19.8. The van der Waals surface area contributed by atoms with Gasteiger partial charge in [0.25, 0.3) is 5.56 Å². The lowest BCUT2D eigenvalue weighted by Crippen LogP contribution is -2.22. The molecule has 6 nitrogen and oxygen atoms in total. The summed E-state index contributed by atoms with van der Waals surface area (Å²) in [7, 11) is -3.67. The third-order valence-electron chi connectivity index (χ3n) is 4.59. The van der Waals surface area contributed by atoms with E-state index in [1.807, 2.05) is 6.07 Å². The minimum absolute atomic E-state index is 0.183. The van der Waals surface area contributed by atoms with E-state index in [0.29, 0.717) is 22.6 Å². The van der Waals surface area contributed by atoms with Gasteiger partial charge in [0.2, 0.25) is 10.0 Å². The van der Waals surface area contributed by atoms with Gasteiger partial charge in [0.15, 0.2) is 0 Å². The highest BCUT2D eigenvalue weighted by Crippen LogP contribution is 2.19. The maximum atomic E-state index is 13.3. The van der Waals surface area contributed by atoms with Crippen molar-refractivity contribution >= 4 is 26.6 Å². The van der Waals surface area contributed by atoms with Crippen LogP contribution in [0.25, 0.3) is 16.6 Å². The number of hydrogen-bond donors (Lipinski definition) is 1. The SMILES string of the molecule is Cc1nc2ccc(NS(=O)(=O)Cc3ccccc3)cc2c(=O)n1-c1ccc(F)cc1. The first-order valence-electron chi connectivity index (χ1n) is 9.16. The Bertz CT molecular complexity index is 1380. The number of hydrogen-bond acceptors (Lipinski definition) is 4. The molecule has 1 N–H and O–H groups in total. The Labute approximate surface area is 172 Å². The first-order valence-corrected chi connectivity index (χ1v) is 10.8. The standard InChI is InChI=1S/C22H18FN3O3S/c1-15-24-21-12-9-18(25-30(28,29)14-16-5-3-2-4-6-16)13-20(21)22(27)26(15)19-10-7-17(23)8-11-19/h2-13,25H,14H2,1H3. The van der Waals surface area contributed by atoms with Gasteiger partial charge in [-0.1, -0.05) is 30.3 Å². The van der Waals surface area contributed by atoms with Crippen LogP contribution in [0.3, 0.4) is 0 Å². The summed E-state index contributed by atoms with van der Waals surface area (Å²) in [5, 5.41) is 0.254. The van der Waals surface area contributed by atoms with Crippen molar-refractivity contribution in [3.05, 3.63) is 100 Å². The van der Waals surface area contributed by atoms with Gasteiger partial charge in [-0.15, -0.1) is 0 Å². The van der Waals surface area contributed by atoms with Gasteiger partial charge in [-0.05, 0) is 55.0 Å². The van der Waals surface area contributed by atoms with Crippen LogP contribution in [0.15, 0.2) is 77.6 Å². The lowest BCUT2D eigenvalue weighted by Gasteiger charge is -2.12. The Hall–Kier alpha value is -3.52. The number of aryl methyl sites for hydroxylation is 1. The van der Waals surface area contributed by atoms with Crippen molar-refractivity contribution in [3.8, 4) is 5.69 Å². The van der Waals surface area contributed by atoms with Crippen LogP contribution in [-0.2, 0) is 15.8 Å². The van der Waals surface area contributed by atoms with Crippen LogP contribution in [0.4, 0.5) is 10.1 Å². The van der Waals surface area contributed by atoms with Gasteiger partial charge in [-0.25, -0.2) is 17.8 Å².